The second kappa shape index (κ2) is 7.29. The first kappa shape index (κ1) is 14.0. The largest absolute Gasteiger partial charge is 0.508 e. The normalized spacial score (nSPS) is 10.9. The fourth-order valence-electron chi connectivity index (χ4n) is 1.65. The summed E-state index contributed by atoms with van der Waals surface area (Å²) in [5, 5.41) is 9.61. The molecule has 0 fully saturated rings. The molecule has 0 saturated heterocycles. The van der Waals surface area contributed by atoms with Crippen molar-refractivity contribution in [2.24, 2.45) is 0 Å². The first-order valence-corrected chi connectivity index (χ1v) is 6.75. The minimum absolute atomic E-state index is 0.249. The molecule has 0 radical (unpaired) electrons. The minimum atomic E-state index is -2.71. The summed E-state index contributed by atoms with van der Waals surface area (Å²) in [7, 11) is -2.71. The summed E-state index contributed by atoms with van der Waals surface area (Å²) in [4.78, 5) is 0. The van der Waals surface area contributed by atoms with Crippen molar-refractivity contribution in [1.82, 2.24) is 0 Å². The SMILES string of the molecule is Cc1ccc(O)c(CCCCCO[SH](=O)=O)c1. The van der Waals surface area contributed by atoms with Gasteiger partial charge in [0.25, 0.3) is 11.0 Å². The van der Waals surface area contributed by atoms with Crippen LogP contribution in [0.15, 0.2) is 18.2 Å². The van der Waals surface area contributed by atoms with Gasteiger partial charge in [-0.1, -0.05) is 24.1 Å². The zero-order chi connectivity index (χ0) is 12.7. The number of phenolic OH excluding ortho intramolecular Hbond substituents is 1. The highest BCUT2D eigenvalue weighted by molar-refractivity contribution is 7.67. The highest BCUT2D eigenvalue weighted by Gasteiger charge is 2.01. The third-order valence-corrected chi connectivity index (χ3v) is 2.92. The summed E-state index contributed by atoms with van der Waals surface area (Å²) in [6.45, 7) is 2.24. The molecule has 1 aromatic rings. The van der Waals surface area contributed by atoms with E-state index in [1.807, 2.05) is 19.1 Å². The summed E-state index contributed by atoms with van der Waals surface area (Å²) in [6.07, 6.45) is 3.32. The van der Waals surface area contributed by atoms with Crippen LogP contribution in [0.1, 0.15) is 30.4 Å². The van der Waals surface area contributed by atoms with E-state index < -0.39 is 11.0 Å². The van der Waals surface area contributed by atoms with Gasteiger partial charge in [-0.25, -0.2) is 8.42 Å². The fraction of sp³-hybridized carbons (Fsp3) is 0.500. The minimum Gasteiger partial charge on any atom is -0.508 e. The van der Waals surface area contributed by atoms with E-state index in [0.717, 1.165) is 36.8 Å². The summed E-state index contributed by atoms with van der Waals surface area (Å²) in [5.74, 6) is 0.328. The number of thiol groups is 1. The number of rotatable bonds is 7. The van der Waals surface area contributed by atoms with Crippen LogP contribution in [0.4, 0.5) is 0 Å². The average molecular weight is 258 g/mol. The zero-order valence-corrected chi connectivity index (χ0v) is 10.8. The Hall–Kier alpha value is -1.07. The molecule has 0 spiro atoms. The smallest absolute Gasteiger partial charge is 0.257 e. The van der Waals surface area contributed by atoms with E-state index in [0.29, 0.717) is 5.75 Å². The molecule has 4 nitrogen and oxygen atoms in total. The van der Waals surface area contributed by atoms with Crippen molar-refractivity contribution in [3.8, 4) is 5.75 Å². The van der Waals surface area contributed by atoms with Gasteiger partial charge in [0.1, 0.15) is 5.75 Å². The van der Waals surface area contributed by atoms with Crippen molar-refractivity contribution in [3.05, 3.63) is 29.3 Å². The predicted octanol–water partition coefficient (Wildman–Crippen LogP) is 1.96. The molecule has 0 amide bonds. The molecule has 0 atom stereocenters. The maximum atomic E-state index is 10.1. The number of hydrogen-bond acceptors (Lipinski definition) is 4. The summed E-state index contributed by atoms with van der Waals surface area (Å²) >= 11 is 0. The van der Waals surface area contributed by atoms with Crippen molar-refractivity contribution < 1.29 is 17.7 Å². The molecule has 0 aliphatic rings. The van der Waals surface area contributed by atoms with Crippen molar-refractivity contribution in [2.75, 3.05) is 6.61 Å². The van der Waals surface area contributed by atoms with Gasteiger partial charge in [-0.3, -0.25) is 4.18 Å². The van der Waals surface area contributed by atoms with Crippen molar-refractivity contribution in [2.45, 2.75) is 32.6 Å². The summed E-state index contributed by atoms with van der Waals surface area (Å²) in [6, 6.07) is 5.55. The Kier molecular flexibility index (Phi) is 6.00. The third-order valence-electron chi connectivity index (χ3n) is 2.52. The van der Waals surface area contributed by atoms with Crippen LogP contribution in [0.2, 0.25) is 0 Å². The molecule has 96 valence electrons. The van der Waals surface area contributed by atoms with Crippen LogP contribution in [-0.4, -0.2) is 20.1 Å². The molecular weight excluding hydrogens is 240 g/mol. The lowest BCUT2D eigenvalue weighted by Crippen LogP contribution is -1.93. The number of aryl methyl sites for hydroxylation is 2. The predicted molar refractivity (Wildman–Crippen MR) is 66.7 cm³/mol. The van der Waals surface area contributed by atoms with E-state index in [2.05, 4.69) is 4.18 Å². The fourth-order valence-corrected chi connectivity index (χ4v) is 1.93. The van der Waals surface area contributed by atoms with Crippen LogP contribution in [0.25, 0.3) is 0 Å². The molecule has 1 aromatic carbocycles. The zero-order valence-electron chi connectivity index (χ0n) is 9.89. The lowest BCUT2D eigenvalue weighted by atomic mass is 10.0. The van der Waals surface area contributed by atoms with Crippen molar-refractivity contribution in [3.63, 3.8) is 0 Å². The van der Waals surface area contributed by atoms with E-state index in [4.69, 9.17) is 0 Å². The lowest BCUT2D eigenvalue weighted by molar-refractivity contribution is 0.321. The number of hydrogen-bond donors (Lipinski definition) is 2. The molecule has 1 N–H and O–H groups in total. The number of benzene rings is 1. The summed E-state index contributed by atoms with van der Waals surface area (Å²) < 4.78 is 24.7. The van der Waals surface area contributed by atoms with Crippen LogP contribution in [0, 0.1) is 6.92 Å². The standard InChI is InChI=1S/C12H18O4S/c1-10-6-7-12(13)11(9-10)5-3-2-4-8-16-17(14)15/h6-7,9,13,17H,2-5,8H2,1H3. The Morgan fingerprint density at radius 3 is 2.71 bits per heavy atom. The van der Waals surface area contributed by atoms with Gasteiger partial charge in [-0.05, 0) is 37.8 Å². The van der Waals surface area contributed by atoms with E-state index in [-0.39, 0.29) is 6.61 Å². The molecule has 0 aliphatic carbocycles. The molecule has 0 heterocycles. The van der Waals surface area contributed by atoms with E-state index >= 15 is 0 Å². The van der Waals surface area contributed by atoms with Crippen LogP contribution in [-0.2, 0) is 21.6 Å². The first-order valence-electron chi connectivity index (χ1n) is 5.65. The van der Waals surface area contributed by atoms with Crippen LogP contribution >= 0.6 is 0 Å². The van der Waals surface area contributed by atoms with Crippen LogP contribution in [0.3, 0.4) is 0 Å². The Bertz CT molecular complexity index is 419. The van der Waals surface area contributed by atoms with E-state index in [9.17, 15) is 13.5 Å². The molecular formula is C12H18O4S. The Morgan fingerprint density at radius 1 is 1.24 bits per heavy atom. The molecule has 0 saturated carbocycles. The molecule has 0 bridgehead atoms. The first-order chi connectivity index (χ1) is 8.09. The molecule has 5 heteroatoms. The Morgan fingerprint density at radius 2 is 2.00 bits per heavy atom. The summed E-state index contributed by atoms with van der Waals surface area (Å²) in [5.41, 5.74) is 2.07. The third kappa shape index (κ3) is 5.70. The monoisotopic (exact) mass is 258 g/mol. The van der Waals surface area contributed by atoms with Gasteiger partial charge < -0.3 is 5.11 Å². The number of phenols is 1. The van der Waals surface area contributed by atoms with Gasteiger partial charge in [0.2, 0.25) is 0 Å². The quantitative estimate of drug-likeness (QED) is 0.579. The van der Waals surface area contributed by atoms with E-state index in [1.54, 1.807) is 6.07 Å². The molecule has 0 unspecified atom stereocenters. The number of unbranched alkanes of at least 4 members (excludes halogenated alkanes) is 2. The second-order valence-corrected chi connectivity index (χ2v) is 4.71. The van der Waals surface area contributed by atoms with Gasteiger partial charge in [0.15, 0.2) is 0 Å². The van der Waals surface area contributed by atoms with Gasteiger partial charge in [0, 0.05) is 0 Å². The second-order valence-electron chi connectivity index (χ2n) is 4.00. The topological polar surface area (TPSA) is 63.6 Å². The molecule has 17 heavy (non-hydrogen) atoms. The van der Waals surface area contributed by atoms with Crippen molar-refractivity contribution >= 4 is 11.0 Å². The van der Waals surface area contributed by atoms with Gasteiger partial charge in [-0.15, -0.1) is 0 Å². The van der Waals surface area contributed by atoms with Crippen LogP contribution < -0.4 is 0 Å². The maximum Gasteiger partial charge on any atom is 0.257 e. The average Bonchev–Trinajstić information content (AvgIpc) is 2.27. The van der Waals surface area contributed by atoms with Crippen molar-refractivity contribution in [1.29, 1.82) is 0 Å². The molecule has 0 aromatic heterocycles. The van der Waals surface area contributed by atoms with Gasteiger partial charge in [-0.2, -0.15) is 0 Å². The van der Waals surface area contributed by atoms with Gasteiger partial charge in [0.05, 0.1) is 6.61 Å². The van der Waals surface area contributed by atoms with E-state index in [1.165, 1.54) is 0 Å². The Labute approximate surface area is 103 Å². The number of aromatic hydroxyl groups is 1. The lowest BCUT2D eigenvalue weighted by Gasteiger charge is -2.05. The van der Waals surface area contributed by atoms with Crippen LogP contribution in [0.5, 0.6) is 5.75 Å². The molecule has 1 rings (SSSR count). The Balaban J connectivity index is 2.24. The highest BCUT2D eigenvalue weighted by Crippen LogP contribution is 2.20. The molecule has 0 aliphatic heterocycles. The maximum absolute atomic E-state index is 10.1. The highest BCUT2D eigenvalue weighted by atomic mass is 32.2. The van der Waals surface area contributed by atoms with Gasteiger partial charge >= 0.3 is 0 Å².